The molecule has 3 aromatic rings. The Morgan fingerprint density at radius 2 is 2.15 bits per heavy atom. The first-order valence-corrected chi connectivity index (χ1v) is 12.6. The molecule has 1 aromatic carbocycles. The number of likely N-dealkylation sites (tertiary alicyclic amines) is 1. The van der Waals surface area contributed by atoms with Crippen molar-refractivity contribution < 1.29 is 17.9 Å². The molecule has 0 saturated carbocycles. The summed E-state index contributed by atoms with van der Waals surface area (Å²) in [7, 11) is -1.75. The maximum absolute atomic E-state index is 13.4. The number of aromatic nitrogens is 3. The van der Waals surface area contributed by atoms with Gasteiger partial charge in [-0.05, 0) is 49.4 Å². The van der Waals surface area contributed by atoms with Crippen molar-refractivity contribution in [1.29, 1.82) is 0 Å². The number of nitrogens with one attached hydrogen (secondary N) is 2. The maximum Gasteiger partial charge on any atom is 0.257 e. The zero-order valence-electron chi connectivity index (χ0n) is 18.6. The average molecular weight is 470 g/mol. The van der Waals surface area contributed by atoms with Crippen LogP contribution in [0.3, 0.4) is 0 Å². The van der Waals surface area contributed by atoms with E-state index >= 15 is 0 Å². The Morgan fingerprint density at radius 1 is 1.30 bits per heavy atom. The minimum atomic E-state index is -3.35. The number of anilines is 2. The van der Waals surface area contributed by atoms with Crippen molar-refractivity contribution in [3.8, 4) is 5.75 Å². The minimum Gasteiger partial charge on any atom is -0.497 e. The van der Waals surface area contributed by atoms with E-state index in [1.165, 1.54) is 12.5 Å². The molecule has 174 valence electrons. The van der Waals surface area contributed by atoms with E-state index < -0.39 is 9.84 Å². The highest BCUT2D eigenvalue weighted by molar-refractivity contribution is 7.90. The van der Waals surface area contributed by atoms with E-state index in [9.17, 15) is 13.2 Å². The number of H-pyrrole nitrogens is 1. The quantitative estimate of drug-likeness (QED) is 0.546. The summed E-state index contributed by atoms with van der Waals surface area (Å²) in [5, 5.41) is 9.95. The number of sulfone groups is 1. The summed E-state index contributed by atoms with van der Waals surface area (Å²) in [6, 6.07) is 10.9. The number of methoxy groups -OCH3 is 1. The van der Waals surface area contributed by atoms with E-state index in [4.69, 9.17) is 4.74 Å². The van der Waals surface area contributed by atoms with Crippen LogP contribution in [0.5, 0.6) is 5.75 Å². The molecule has 0 spiro atoms. The van der Waals surface area contributed by atoms with Crippen molar-refractivity contribution in [3.63, 3.8) is 0 Å². The van der Waals surface area contributed by atoms with Crippen molar-refractivity contribution in [2.24, 2.45) is 5.92 Å². The first-order valence-electron chi connectivity index (χ1n) is 10.7. The molecule has 2 aromatic heterocycles. The normalized spacial score (nSPS) is 16.4. The third-order valence-corrected chi connectivity index (χ3v) is 6.90. The van der Waals surface area contributed by atoms with Crippen LogP contribution in [0.4, 0.5) is 11.5 Å². The summed E-state index contributed by atoms with van der Waals surface area (Å²) in [5.74, 6) is 1.21. The predicted molar refractivity (Wildman–Crippen MR) is 125 cm³/mol. The maximum atomic E-state index is 13.4. The molecule has 9 nitrogen and oxygen atoms in total. The lowest BCUT2D eigenvalue weighted by molar-refractivity contribution is 0.0673. The highest BCUT2D eigenvalue weighted by atomic mass is 32.2. The third-order valence-electron chi connectivity index (χ3n) is 5.75. The molecule has 1 atom stereocenters. The van der Waals surface area contributed by atoms with Gasteiger partial charge in [0.25, 0.3) is 5.91 Å². The molecule has 1 saturated heterocycles. The Balaban J connectivity index is 1.50. The topological polar surface area (TPSA) is 117 Å². The molecular formula is C23H27N5O4S. The van der Waals surface area contributed by atoms with Gasteiger partial charge in [0.15, 0.2) is 9.84 Å². The van der Waals surface area contributed by atoms with Crippen molar-refractivity contribution in [2.75, 3.05) is 31.8 Å². The molecule has 10 heteroatoms. The minimum absolute atomic E-state index is 0.105. The second-order valence-corrected chi connectivity index (χ2v) is 10.2. The molecule has 2 N–H and O–H groups in total. The number of carbonyl (C=O) groups is 1. The number of hydrogen-bond acceptors (Lipinski definition) is 7. The summed E-state index contributed by atoms with van der Waals surface area (Å²) in [5.41, 5.74) is 1.85. The zero-order valence-corrected chi connectivity index (χ0v) is 19.4. The highest BCUT2D eigenvalue weighted by Gasteiger charge is 2.28. The van der Waals surface area contributed by atoms with Crippen molar-refractivity contribution >= 4 is 27.2 Å². The fourth-order valence-corrected chi connectivity index (χ4v) is 4.98. The van der Waals surface area contributed by atoms with Crippen molar-refractivity contribution in [2.45, 2.75) is 24.2 Å². The number of hydrogen-bond donors (Lipinski definition) is 2. The molecule has 4 rings (SSSR count). The van der Waals surface area contributed by atoms with E-state index in [0.717, 1.165) is 18.5 Å². The van der Waals surface area contributed by atoms with Crippen molar-refractivity contribution in [3.05, 3.63) is 60.0 Å². The molecule has 0 unspecified atom stereocenters. The Kier molecular flexibility index (Phi) is 6.64. The fraction of sp³-hybridized carbons (Fsp3) is 0.348. The summed E-state index contributed by atoms with van der Waals surface area (Å²) in [4.78, 5) is 19.8. The van der Waals surface area contributed by atoms with Crippen LogP contribution in [0.2, 0.25) is 0 Å². The Morgan fingerprint density at radius 3 is 2.94 bits per heavy atom. The van der Waals surface area contributed by atoms with Crippen LogP contribution >= 0.6 is 0 Å². The molecule has 0 aliphatic carbocycles. The number of ether oxygens (including phenoxy) is 1. The summed E-state index contributed by atoms with van der Waals surface area (Å²) < 4.78 is 29.3. The molecule has 1 amide bonds. The molecule has 33 heavy (non-hydrogen) atoms. The number of piperidine rings is 1. The predicted octanol–water partition coefficient (Wildman–Crippen LogP) is 3.06. The number of aromatic amines is 1. The van der Waals surface area contributed by atoms with Crippen LogP contribution in [0.15, 0.2) is 53.7 Å². The lowest BCUT2D eigenvalue weighted by atomic mass is 9.93. The van der Waals surface area contributed by atoms with Gasteiger partial charge in [0.05, 0.1) is 24.6 Å². The van der Waals surface area contributed by atoms with Crippen LogP contribution in [0.1, 0.15) is 28.9 Å². The molecule has 1 aliphatic heterocycles. The average Bonchev–Trinajstić information content (AvgIpc) is 3.28. The van der Waals surface area contributed by atoms with E-state index in [1.807, 2.05) is 29.2 Å². The van der Waals surface area contributed by atoms with Gasteiger partial charge >= 0.3 is 0 Å². The number of rotatable bonds is 7. The highest BCUT2D eigenvalue weighted by Crippen LogP contribution is 2.27. The number of pyridine rings is 1. The van der Waals surface area contributed by atoms with Crippen LogP contribution in [0, 0.1) is 5.92 Å². The third kappa shape index (κ3) is 5.33. The Labute approximate surface area is 193 Å². The van der Waals surface area contributed by atoms with Gasteiger partial charge in [-0.3, -0.25) is 9.89 Å². The van der Waals surface area contributed by atoms with Crippen LogP contribution in [-0.4, -0.2) is 60.9 Å². The molecular weight excluding hydrogens is 442 g/mol. The number of amides is 1. The van der Waals surface area contributed by atoms with E-state index in [0.29, 0.717) is 42.3 Å². The van der Waals surface area contributed by atoms with Gasteiger partial charge in [-0.25, -0.2) is 13.4 Å². The van der Waals surface area contributed by atoms with Gasteiger partial charge in [0.2, 0.25) is 0 Å². The largest absolute Gasteiger partial charge is 0.497 e. The van der Waals surface area contributed by atoms with E-state index in [1.54, 1.807) is 25.4 Å². The number of benzene rings is 1. The number of carbonyl (C=O) groups excluding carboxylic acids is 1. The molecule has 0 bridgehead atoms. The SMILES string of the molecule is COc1cccc(Nc2ncccc2C(=O)N2CCC[C@H](Cc3[nH]ncc3S(C)(=O)=O)C2)c1. The molecule has 1 aliphatic rings. The van der Waals surface area contributed by atoms with Crippen molar-refractivity contribution in [1.82, 2.24) is 20.1 Å². The van der Waals surface area contributed by atoms with Crippen LogP contribution in [0.25, 0.3) is 0 Å². The van der Waals surface area contributed by atoms with E-state index in [2.05, 4.69) is 20.5 Å². The molecule has 0 radical (unpaired) electrons. The van der Waals surface area contributed by atoms with E-state index in [-0.39, 0.29) is 16.7 Å². The lowest BCUT2D eigenvalue weighted by Crippen LogP contribution is -2.41. The first-order chi connectivity index (χ1) is 15.8. The summed E-state index contributed by atoms with van der Waals surface area (Å²) in [6.45, 7) is 1.18. The van der Waals surface area contributed by atoms with Gasteiger partial charge < -0.3 is 15.0 Å². The number of nitrogens with zero attached hydrogens (tertiary/aromatic N) is 3. The Bertz CT molecular complexity index is 1240. The van der Waals surface area contributed by atoms with Crippen LogP contribution < -0.4 is 10.1 Å². The fourth-order valence-electron chi connectivity index (χ4n) is 4.16. The second-order valence-electron chi connectivity index (χ2n) is 8.21. The summed E-state index contributed by atoms with van der Waals surface area (Å²) in [6.07, 6.45) is 6.45. The first kappa shape index (κ1) is 22.8. The van der Waals surface area contributed by atoms with Gasteiger partial charge in [0, 0.05) is 37.3 Å². The monoisotopic (exact) mass is 469 g/mol. The second kappa shape index (κ2) is 9.62. The van der Waals surface area contributed by atoms with Gasteiger partial charge in [-0.15, -0.1) is 0 Å². The smallest absolute Gasteiger partial charge is 0.257 e. The zero-order chi connectivity index (χ0) is 23.4. The standard InChI is InChI=1S/C23H27N5O4S/c1-32-18-8-3-7-17(13-18)26-22-19(9-4-10-24-22)23(29)28-11-5-6-16(15-28)12-20-21(14-25-27-20)33(2,30)31/h3-4,7-10,13-14,16H,5-6,11-12,15H2,1-2H3,(H,24,26)(H,25,27)/t16-/m1/s1. The van der Waals surface area contributed by atoms with Crippen LogP contribution in [-0.2, 0) is 16.3 Å². The summed E-state index contributed by atoms with van der Waals surface area (Å²) >= 11 is 0. The van der Waals surface area contributed by atoms with Gasteiger partial charge in [0.1, 0.15) is 16.5 Å². The van der Waals surface area contributed by atoms with Gasteiger partial charge in [-0.2, -0.15) is 5.10 Å². The lowest BCUT2D eigenvalue weighted by Gasteiger charge is -2.33. The Hall–Kier alpha value is -3.40. The van der Waals surface area contributed by atoms with Gasteiger partial charge in [-0.1, -0.05) is 6.07 Å². The molecule has 3 heterocycles. The molecule has 1 fully saturated rings.